The van der Waals surface area contributed by atoms with Crippen molar-refractivity contribution in [2.75, 3.05) is 0 Å². The third-order valence-electron chi connectivity index (χ3n) is 3.58. The van der Waals surface area contributed by atoms with Gasteiger partial charge in [0.25, 0.3) is 0 Å². The van der Waals surface area contributed by atoms with Gasteiger partial charge in [0.1, 0.15) is 22.9 Å². The number of rotatable bonds is 3. The summed E-state index contributed by atoms with van der Waals surface area (Å²) in [6.45, 7) is 3.48. The molecule has 0 unspecified atom stereocenters. The molecule has 0 fully saturated rings. The maximum atomic E-state index is 10.3. The van der Waals surface area contributed by atoms with Crippen LogP contribution in [0.5, 0.6) is 23.0 Å². The van der Waals surface area contributed by atoms with Crippen molar-refractivity contribution in [1.29, 1.82) is 0 Å². The van der Waals surface area contributed by atoms with Crippen LogP contribution in [0, 0.1) is 13.8 Å². The average molecular weight is 375 g/mol. The normalized spacial score (nSPS) is 10.7. The fourth-order valence-electron chi connectivity index (χ4n) is 2.23. The van der Waals surface area contributed by atoms with Crippen LogP contribution in [0.3, 0.4) is 0 Å². The number of aryl methyl sites for hydroxylation is 1. The van der Waals surface area contributed by atoms with Gasteiger partial charge in [0, 0.05) is 15.6 Å². The molecule has 0 saturated heterocycles. The highest BCUT2D eigenvalue weighted by Gasteiger charge is 2.19. The summed E-state index contributed by atoms with van der Waals surface area (Å²) >= 11 is 3.38. The summed E-state index contributed by atoms with van der Waals surface area (Å²) in [6, 6.07) is 10.6. The lowest BCUT2D eigenvalue weighted by atomic mass is 10.1. The molecule has 3 rings (SSSR count). The molecule has 6 heteroatoms. The van der Waals surface area contributed by atoms with Crippen LogP contribution in [0.15, 0.2) is 40.9 Å². The van der Waals surface area contributed by atoms with Crippen molar-refractivity contribution in [3.05, 3.63) is 52.1 Å². The Hall–Kier alpha value is -2.47. The molecule has 2 aromatic carbocycles. The third-order valence-corrected chi connectivity index (χ3v) is 4.11. The van der Waals surface area contributed by atoms with Gasteiger partial charge in [-0.05, 0) is 50.2 Å². The molecule has 0 aliphatic rings. The molecule has 0 bridgehead atoms. The van der Waals surface area contributed by atoms with E-state index in [9.17, 15) is 10.2 Å². The molecule has 0 amide bonds. The minimum Gasteiger partial charge on any atom is -0.508 e. The number of H-pyrrole nitrogens is 1. The van der Waals surface area contributed by atoms with Crippen molar-refractivity contribution in [3.63, 3.8) is 0 Å². The van der Waals surface area contributed by atoms with Crippen LogP contribution < -0.4 is 4.74 Å². The van der Waals surface area contributed by atoms with Gasteiger partial charge in [-0.1, -0.05) is 15.9 Å². The minimum atomic E-state index is -0.0165. The van der Waals surface area contributed by atoms with E-state index in [0.29, 0.717) is 28.3 Å². The Kier molecular flexibility index (Phi) is 4.00. The topological polar surface area (TPSA) is 78.4 Å². The quantitative estimate of drug-likeness (QED) is 0.622. The molecule has 1 heterocycles. The number of aromatic nitrogens is 2. The van der Waals surface area contributed by atoms with Crippen LogP contribution >= 0.6 is 15.9 Å². The number of ether oxygens (including phenoxy) is 1. The van der Waals surface area contributed by atoms with Gasteiger partial charge in [0.05, 0.1) is 5.69 Å². The molecular weight excluding hydrogens is 360 g/mol. The lowest BCUT2D eigenvalue weighted by molar-refractivity contribution is 0.443. The van der Waals surface area contributed by atoms with Crippen LogP contribution in [-0.2, 0) is 0 Å². The second-order valence-electron chi connectivity index (χ2n) is 5.19. The first-order valence-corrected chi connectivity index (χ1v) is 7.77. The van der Waals surface area contributed by atoms with Crippen LogP contribution in [0.2, 0.25) is 0 Å². The largest absolute Gasteiger partial charge is 0.508 e. The van der Waals surface area contributed by atoms with Crippen LogP contribution in [0.25, 0.3) is 11.3 Å². The van der Waals surface area contributed by atoms with Gasteiger partial charge in [-0.25, -0.2) is 0 Å². The number of aromatic hydroxyl groups is 2. The molecule has 3 aromatic rings. The van der Waals surface area contributed by atoms with Gasteiger partial charge < -0.3 is 14.9 Å². The highest BCUT2D eigenvalue weighted by atomic mass is 79.9. The van der Waals surface area contributed by atoms with Crippen molar-refractivity contribution in [3.8, 4) is 34.3 Å². The predicted molar refractivity (Wildman–Crippen MR) is 91.0 cm³/mol. The van der Waals surface area contributed by atoms with Crippen molar-refractivity contribution >= 4 is 15.9 Å². The molecule has 0 saturated carbocycles. The maximum absolute atomic E-state index is 10.3. The Balaban J connectivity index is 2.05. The number of phenolic OH excluding ortho intramolecular Hbond substituents is 2. The second kappa shape index (κ2) is 5.96. The third kappa shape index (κ3) is 2.90. The molecule has 0 aliphatic carbocycles. The number of aromatic amines is 1. The van der Waals surface area contributed by atoms with E-state index in [2.05, 4.69) is 26.1 Å². The first-order valence-electron chi connectivity index (χ1n) is 6.97. The molecule has 23 heavy (non-hydrogen) atoms. The molecule has 0 atom stereocenters. The van der Waals surface area contributed by atoms with Crippen molar-refractivity contribution in [2.45, 2.75) is 13.8 Å². The molecule has 0 spiro atoms. The zero-order valence-electron chi connectivity index (χ0n) is 12.6. The summed E-state index contributed by atoms with van der Waals surface area (Å²) < 4.78 is 6.89. The van der Waals surface area contributed by atoms with E-state index >= 15 is 0 Å². The number of hydrogen-bond acceptors (Lipinski definition) is 4. The number of halogens is 1. The van der Waals surface area contributed by atoms with Gasteiger partial charge in [-0.2, -0.15) is 5.10 Å². The van der Waals surface area contributed by atoms with Gasteiger partial charge in [0.15, 0.2) is 5.75 Å². The van der Waals surface area contributed by atoms with E-state index in [4.69, 9.17) is 4.74 Å². The van der Waals surface area contributed by atoms with E-state index in [1.807, 2.05) is 31.2 Å². The summed E-state index contributed by atoms with van der Waals surface area (Å²) in [5, 5.41) is 27.1. The Morgan fingerprint density at radius 1 is 1.04 bits per heavy atom. The summed E-state index contributed by atoms with van der Waals surface area (Å²) in [5.41, 5.74) is 2.13. The standard InChI is InChI=1S/C17H15BrN2O3/c1-9-14(21)8-7-13(16(9)22)15-17(10(2)19-20-15)23-12-5-3-11(18)4-6-12/h3-8,21-22H,1-2H3,(H,19,20). The number of benzene rings is 2. The number of nitrogens with one attached hydrogen (secondary N) is 1. The Bertz CT molecular complexity index is 857. The van der Waals surface area contributed by atoms with E-state index in [0.717, 1.165) is 10.2 Å². The first-order chi connectivity index (χ1) is 11.0. The summed E-state index contributed by atoms with van der Waals surface area (Å²) in [6.07, 6.45) is 0. The van der Waals surface area contributed by atoms with E-state index < -0.39 is 0 Å². The number of hydrogen-bond donors (Lipinski definition) is 3. The SMILES string of the molecule is Cc1[nH]nc(-c2ccc(O)c(C)c2O)c1Oc1ccc(Br)cc1. The van der Waals surface area contributed by atoms with E-state index in [-0.39, 0.29) is 11.5 Å². The van der Waals surface area contributed by atoms with E-state index in [1.54, 1.807) is 13.0 Å². The number of nitrogens with zero attached hydrogens (tertiary/aromatic N) is 1. The van der Waals surface area contributed by atoms with Gasteiger partial charge in [0.2, 0.25) is 0 Å². The molecule has 3 N–H and O–H groups in total. The van der Waals surface area contributed by atoms with Crippen molar-refractivity contribution in [2.24, 2.45) is 0 Å². The Labute approximate surface area is 141 Å². The second-order valence-corrected chi connectivity index (χ2v) is 6.10. The molecule has 0 aliphatic heterocycles. The summed E-state index contributed by atoms with van der Waals surface area (Å²) in [5.74, 6) is 1.22. The van der Waals surface area contributed by atoms with E-state index in [1.165, 1.54) is 6.07 Å². The fraction of sp³-hybridized carbons (Fsp3) is 0.118. The molecular formula is C17H15BrN2O3. The first kappa shape index (κ1) is 15.4. The van der Waals surface area contributed by atoms with Gasteiger partial charge in [-0.15, -0.1) is 0 Å². The molecule has 1 aromatic heterocycles. The summed E-state index contributed by atoms with van der Waals surface area (Å²) in [4.78, 5) is 0. The van der Waals surface area contributed by atoms with Gasteiger partial charge in [-0.3, -0.25) is 5.10 Å². The monoisotopic (exact) mass is 374 g/mol. The zero-order valence-corrected chi connectivity index (χ0v) is 14.2. The average Bonchev–Trinajstić information content (AvgIpc) is 2.88. The lowest BCUT2D eigenvalue weighted by Gasteiger charge is -2.10. The van der Waals surface area contributed by atoms with Crippen LogP contribution in [-0.4, -0.2) is 20.4 Å². The maximum Gasteiger partial charge on any atom is 0.176 e. The van der Waals surface area contributed by atoms with Crippen molar-refractivity contribution < 1.29 is 14.9 Å². The van der Waals surface area contributed by atoms with Crippen LogP contribution in [0.4, 0.5) is 0 Å². The fourth-order valence-corrected chi connectivity index (χ4v) is 2.49. The Morgan fingerprint density at radius 3 is 2.43 bits per heavy atom. The van der Waals surface area contributed by atoms with Gasteiger partial charge >= 0.3 is 0 Å². The predicted octanol–water partition coefficient (Wildman–Crippen LogP) is 4.66. The van der Waals surface area contributed by atoms with Crippen molar-refractivity contribution in [1.82, 2.24) is 10.2 Å². The minimum absolute atomic E-state index is 0.0165. The number of phenols is 2. The smallest absolute Gasteiger partial charge is 0.176 e. The highest BCUT2D eigenvalue weighted by molar-refractivity contribution is 9.10. The lowest BCUT2D eigenvalue weighted by Crippen LogP contribution is -1.89. The summed E-state index contributed by atoms with van der Waals surface area (Å²) in [7, 11) is 0. The molecule has 5 nitrogen and oxygen atoms in total. The molecule has 0 radical (unpaired) electrons. The zero-order chi connectivity index (χ0) is 16.6. The van der Waals surface area contributed by atoms with Crippen LogP contribution in [0.1, 0.15) is 11.3 Å². The highest BCUT2D eigenvalue weighted by Crippen LogP contribution is 2.41. The Morgan fingerprint density at radius 2 is 1.74 bits per heavy atom. The molecule has 118 valence electrons.